The molecule has 0 saturated carbocycles. The molecular weight excluding hydrogens is 267 g/mol. The van der Waals surface area contributed by atoms with Crippen LogP contribution in [0.4, 0.5) is 4.39 Å². The molecule has 2 amide bonds. The number of primary amides is 1. The van der Waals surface area contributed by atoms with Gasteiger partial charge in [0.25, 0.3) is 0 Å². The standard InChI is InChI=1S/C13H15FN2O2S/c14-10-3-1-2-9-8(10)4-5-11(9)16-13(18)7-19-6-12(15)17/h1-3,11H,4-7H2,(H2,15,17)(H,16,18)/t11-/m1/s1. The molecule has 102 valence electrons. The predicted octanol–water partition coefficient (Wildman–Crippen LogP) is 1.15. The molecule has 0 saturated heterocycles. The van der Waals surface area contributed by atoms with Crippen LogP contribution in [0.3, 0.4) is 0 Å². The van der Waals surface area contributed by atoms with Crippen molar-refractivity contribution in [1.29, 1.82) is 0 Å². The van der Waals surface area contributed by atoms with Gasteiger partial charge in [0, 0.05) is 0 Å². The van der Waals surface area contributed by atoms with Gasteiger partial charge in [-0.25, -0.2) is 4.39 Å². The van der Waals surface area contributed by atoms with E-state index in [-0.39, 0.29) is 29.3 Å². The van der Waals surface area contributed by atoms with Gasteiger partial charge < -0.3 is 11.1 Å². The number of thioether (sulfide) groups is 1. The Kier molecular flexibility index (Phi) is 4.42. The van der Waals surface area contributed by atoms with Crippen molar-refractivity contribution in [3.63, 3.8) is 0 Å². The number of hydrogen-bond acceptors (Lipinski definition) is 3. The molecule has 1 aliphatic carbocycles. The number of hydrogen-bond donors (Lipinski definition) is 2. The maximum atomic E-state index is 13.5. The topological polar surface area (TPSA) is 72.2 Å². The summed E-state index contributed by atoms with van der Waals surface area (Å²) >= 11 is 1.18. The first-order valence-electron chi connectivity index (χ1n) is 6.00. The van der Waals surface area contributed by atoms with E-state index in [1.807, 2.05) is 6.07 Å². The predicted molar refractivity (Wildman–Crippen MR) is 72.1 cm³/mol. The first-order valence-corrected chi connectivity index (χ1v) is 7.16. The SMILES string of the molecule is NC(=O)CSCC(=O)N[C@@H]1CCc2c(F)cccc21. The largest absolute Gasteiger partial charge is 0.369 e. The summed E-state index contributed by atoms with van der Waals surface area (Å²) in [7, 11) is 0. The van der Waals surface area contributed by atoms with Crippen LogP contribution >= 0.6 is 11.8 Å². The number of fused-ring (bicyclic) bond motifs is 1. The Morgan fingerprint density at radius 2 is 2.21 bits per heavy atom. The number of benzene rings is 1. The molecule has 0 bridgehead atoms. The van der Waals surface area contributed by atoms with Gasteiger partial charge in [-0.3, -0.25) is 9.59 Å². The van der Waals surface area contributed by atoms with E-state index in [0.717, 1.165) is 5.56 Å². The van der Waals surface area contributed by atoms with E-state index in [1.165, 1.54) is 17.8 Å². The molecule has 0 aliphatic heterocycles. The van der Waals surface area contributed by atoms with Crippen molar-refractivity contribution in [2.45, 2.75) is 18.9 Å². The van der Waals surface area contributed by atoms with E-state index in [0.29, 0.717) is 18.4 Å². The Balaban J connectivity index is 1.90. The quantitative estimate of drug-likeness (QED) is 0.851. The lowest BCUT2D eigenvalue weighted by atomic mass is 10.1. The van der Waals surface area contributed by atoms with Gasteiger partial charge >= 0.3 is 0 Å². The van der Waals surface area contributed by atoms with Gasteiger partial charge in [-0.2, -0.15) is 0 Å². The molecule has 2 rings (SSSR count). The minimum Gasteiger partial charge on any atom is -0.369 e. The number of carbonyl (C=O) groups is 2. The molecule has 0 aromatic heterocycles. The molecule has 1 aromatic carbocycles. The number of nitrogens with two attached hydrogens (primary N) is 1. The Bertz CT molecular complexity index is 507. The third-order valence-corrected chi connectivity index (χ3v) is 3.98. The fraction of sp³-hybridized carbons (Fsp3) is 0.385. The molecule has 1 aromatic rings. The lowest BCUT2D eigenvalue weighted by molar-refractivity contribution is -0.119. The second-order valence-corrected chi connectivity index (χ2v) is 5.41. The van der Waals surface area contributed by atoms with Crippen molar-refractivity contribution in [2.24, 2.45) is 5.73 Å². The monoisotopic (exact) mass is 282 g/mol. The van der Waals surface area contributed by atoms with Crippen LogP contribution in [0.25, 0.3) is 0 Å². The highest BCUT2D eigenvalue weighted by atomic mass is 32.2. The smallest absolute Gasteiger partial charge is 0.230 e. The normalized spacial score (nSPS) is 17.0. The van der Waals surface area contributed by atoms with Crippen LogP contribution in [0, 0.1) is 5.82 Å². The highest BCUT2D eigenvalue weighted by molar-refractivity contribution is 8.00. The van der Waals surface area contributed by atoms with Crippen LogP contribution in [0.1, 0.15) is 23.6 Å². The molecule has 4 nitrogen and oxygen atoms in total. The van der Waals surface area contributed by atoms with Crippen molar-refractivity contribution >= 4 is 23.6 Å². The Morgan fingerprint density at radius 3 is 2.95 bits per heavy atom. The summed E-state index contributed by atoms with van der Waals surface area (Å²) in [6, 6.07) is 4.80. The first-order chi connectivity index (χ1) is 9.08. The van der Waals surface area contributed by atoms with Crippen LogP contribution in [0.15, 0.2) is 18.2 Å². The zero-order valence-electron chi connectivity index (χ0n) is 10.3. The van der Waals surface area contributed by atoms with Crippen LogP contribution in [-0.2, 0) is 16.0 Å². The summed E-state index contributed by atoms with van der Waals surface area (Å²) in [5.41, 5.74) is 6.54. The second-order valence-electron chi connectivity index (χ2n) is 4.43. The fourth-order valence-electron chi connectivity index (χ4n) is 2.24. The molecule has 0 unspecified atom stereocenters. The number of halogens is 1. The first kappa shape index (κ1) is 13.9. The third kappa shape index (κ3) is 3.47. The van der Waals surface area contributed by atoms with E-state index in [2.05, 4.69) is 5.32 Å². The Labute approximate surface area is 114 Å². The van der Waals surface area contributed by atoms with Crippen molar-refractivity contribution in [1.82, 2.24) is 5.32 Å². The number of carbonyl (C=O) groups excluding carboxylic acids is 2. The minimum absolute atomic E-state index is 0.128. The summed E-state index contributed by atoms with van der Waals surface area (Å²) in [5.74, 6) is -0.496. The van der Waals surface area contributed by atoms with E-state index < -0.39 is 5.91 Å². The highest BCUT2D eigenvalue weighted by Crippen LogP contribution is 2.32. The molecule has 6 heteroatoms. The van der Waals surface area contributed by atoms with Crippen LogP contribution in [0.5, 0.6) is 0 Å². The molecule has 0 fully saturated rings. The fourth-order valence-corrected chi connectivity index (χ4v) is 2.81. The zero-order chi connectivity index (χ0) is 13.8. The zero-order valence-corrected chi connectivity index (χ0v) is 11.1. The highest BCUT2D eigenvalue weighted by Gasteiger charge is 2.25. The molecule has 0 spiro atoms. The van der Waals surface area contributed by atoms with Gasteiger partial charge in [0.1, 0.15) is 5.82 Å². The van der Waals surface area contributed by atoms with E-state index in [4.69, 9.17) is 5.73 Å². The van der Waals surface area contributed by atoms with Gasteiger partial charge in [0.2, 0.25) is 11.8 Å². The Hall–Kier alpha value is -1.56. The summed E-state index contributed by atoms with van der Waals surface area (Å²) in [6.45, 7) is 0. The summed E-state index contributed by atoms with van der Waals surface area (Å²) in [6.07, 6.45) is 1.35. The van der Waals surface area contributed by atoms with Gasteiger partial charge in [0.05, 0.1) is 17.5 Å². The summed E-state index contributed by atoms with van der Waals surface area (Å²) in [4.78, 5) is 22.3. The maximum Gasteiger partial charge on any atom is 0.230 e. The molecule has 1 aliphatic rings. The van der Waals surface area contributed by atoms with Crippen molar-refractivity contribution in [3.05, 3.63) is 35.1 Å². The maximum absolute atomic E-state index is 13.5. The van der Waals surface area contributed by atoms with Gasteiger partial charge in [-0.15, -0.1) is 11.8 Å². The van der Waals surface area contributed by atoms with Gasteiger partial charge in [0.15, 0.2) is 0 Å². The van der Waals surface area contributed by atoms with E-state index in [1.54, 1.807) is 6.07 Å². The Morgan fingerprint density at radius 1 is 1.42 bits per heavy atom. The molecule has 0 heterocycles. The molecular formula is C13H15FN2O2S. The molecule has 0 radical (unpaired) electrons. The molecule has 1 atom stereocenters. The second kappa shape index (κ2) is 6.06. The van der Waals surface area contributed by atoms with E-state index >= 15 is 0 Å². The molecule has 3 N–H and O–H groups in total. The number of amides is 2. The average molecular weight is 282 g/mol. The lowest BCUT2D eigenvalue weighted by Crippen LogP contribution is -2.29. The van der Waals surface area contributed by atoms with Gasteiger partial charge in [-0.05, 0) is 30.0 Å². The third-order valence-electron chi connectivity index (χ3n) is 3.03. The van der Waals surface area contributed by atoms with Gasteiger partial charge in [-0.1, -0.05) is 12.1 Å². The van der Waals surface area contributed by atoms with Crippen molar-refractivity contribution in [2.75, 3.05) is 11.5 Å². The molecule has 19 heavy (non-hydrogen) atoms. The lowest BCUT2D eigenvalue weighted by Gasteiger charge is -2.13. The minimum atomic E-state index is -0.439. The average Bonchev–Trinajstić information content (AvgIpc) is 2.73. The van der Waals surface area contributed by atoms with Crippen molar-refractivity contribution in [3.8, 4) is 0 Å². The summed E-state index contributed by atoms with van der Waals surface area (Å²) < 4.78 is 13.5. The number of nitrogens with one attached hydrogen (secondary N) is 1. The summed E-state index contributed by atoms with van der Waals surface area (Å²) in [5, 5.41) is 2.86. The van der Waals surface area contributed by atoms with Crippen LogP contribution in [-0.4, -0.2) is 23.3 Å². The number of rotatable bonds is 5. The van der Waals surface area contributed by atoms with Crippen LogP contribution in [0.2, 0.25) is 0 Å². The van der Waals surface area contributed by atoms with Crippen LogP contribution < -0.4 is 11.1 Å². The van der Waals surface area contributed by atoms with Crippen molar-refractivity contribution < 1.29 is 14.0 Å². The van der Waals surface area contributed by atoms with E-state index in [9.17, 15) is 14.0 Å².